The third-order valence-corrected chi connectivity index (χ3v) is 4.22. The minimum atomic E-state index is 0.373. The Bertz CT molecular complexity index is 353. The van der Waals surface area contributed by atoms with E-state index in [1.54, 1.807) is 0 Å². The fourth-order valence-electron chi connectivity index (χ4n) is 2.58. The van der Waals surface area contributed by atoms with E-state index < -0.39 is 0 Å². The standard InChI is InChI=1S/C15H25N3/c1-4-13-7-9-18(10-8-13)15-6-5-14(11-17-15)12(2)16-3/h5-6,11-13,16H,4,7-10H2,1-3H3. The number of pyridine rings is 1. The van der Waals surface area contributed by atoms with Gasteiger partial charge in [-0.05, 0) is 44.4 Å². The number of nitrogens with zero attached hydrogens (tertiary/aromatic N) is 2. The minimum absolute atomic E-state index is 0.373. The fraction of sp³-hybridized carbons (Fsp3) is 0.667. The third kappa shape index (κ3) is 3.02. The lowest BCUT2D eigenvalue weighted by atomic mass is 9.94. The number of anilines is 1. The summed E-state index contributed by atoms with van der Waals surface area (Å²) in [5.74, 6) is 2.06. The molecule has 1 saturated heterocycles. The smallest absolute Gasteiger partial charge is 0.128 e. The van der Waals surface area contributed by atoms with E-state index >= 15 is 0 Å². The topological polar surface area (TPSA) is 28.2 Å². The van der Waals surface area contributed by atoms with Crippen LogP contribution >= 0.6 is 0 Å². The van der Waals surface area contributed by atoms with E-state index in [2.05, 4.69) is 41.2 Å². The fourth-order valence-corrected chi connectivity index (χ4v) is 2.58. The molecule has 0 bridgehead atoms. The van der Waals surface area contributed by atoms with Crippen molar-refractivity contribution in [1.82, 2.24) is 10.3 Å². The molecule has 18 heavy (non-hydrogen) atoms. The molecule has 1 aliphatic rings. The Kier molecular flexibility index (Phi) is 4.59. The number of hydrogen-bond donors (Lipinski definition) is 1. The molecule has 2 heterocycles. The largest absolute Gasteiger partial charge is 0.357 e. The summed E-state index contributed by atoms with van der Waals surface area (Å²) in [5, 5.41) is 3.24. The van der Waals surface area contributed by atoms with Gasteiger partial charge in [0.2, 0.25) is 0 Å². The van der Waals surface area contributed by atoms with Crippen molar-refractivity contribution in [3.63, 3.8) is 0 Å². The van der Waals surface area contributed by atoms with Gasteiger partial charge >= 0.3 is 0 Å². The van der Waals surface area contributed by atoms with Crippen molar-refractivity contribution in [1.29, 1.82) is 0 Å². The van der Waals surface area contributed by atoms with E-state index in [-0.39, 0.29) is 0 Å². The molecule has 1 unspecified atom stereocenters. The van der Waals surface area contributed by atoms with E-state index in [1.165, 1.54) is 24.8 Å². The zero-order chi connectivity index (χ0) is 13.0. The summed E-state index contributed by atoms with van der Waals surface area (Å²) in [5.41, 5.74) is 1.25. The number of piperidine rings is 1. The van der Waals surface area contributed by atoms with Crippen LogP contribution in [0.25, 0.3) is 0 Å². The van der Waals surface area contributed by atoms with Crippen LogP contribution in [-0.4, -0.2) is 25.1 Å². The van der Waals surface area contributed by atoms with Crippen LogP contribution in [-0.2, 0) is 0 Å². The highest BCUT2D eigenvalue weighted by Gasteiger charge is 2.18. The van der Waals surface area contributed by atoms with Crippen molar-refractivity contribution in [2.45, 2.75) is 39.2 Å². The van der Waals surface area contributed by atoms with Crippen LogP contribution in [0.4, 0.5) is 5.82 Å². The Morgan fingerprint density at radius 3 is 2.61 bits per heavy atom. The van der Waals surface area contributed by atoms with E-state index in [1.807, 2.05) is 13.2 Å². The first-order valence-corrected chi connectivity index (χ1v) is 7.12. The Labute approximate surface area is 111 Å². The van der Waals surface area contributed by atoms with Gasteiger partial charge in [-0.25, -0.2) is 4.98 Å². The summed E-state index contributed by atoms with van der Waals surface area (Å²) in [7, 11) is 1.98. The molecule has 0 aliphatic carbocycles. The van der Waals surface area contributed by atoms with Gasteiger partial charge in [-0.15, -0.1) is 0 Å². The van der Waals surface area contributed by atoms with E-state index in [0.717, 1.165) is 24.8 Å². The van der Waals surface area contributed by atoms with Crippen LogP contribution in [0.2, 0.25) is 0 Å². The quantitative estimate of drug-likeness (QED) is 0.886. The van der Waals surface area contributed by atoms with Crippen molar-refractivity contribution in [3.8, 4) is 0 Å². The molecule has 3 nitrogen and oxygen atoms in total. The SMILES string of the molecule is CCC1CCN(c2ccc(C(C)NC)cn2)CC1. The second-order valence-electron chi connectivity index (χ2n) is 5.30. The van der Waals surface area contributed by atoms with Gasteiger partial charge in [0.1, 0.15) is 5.82 Å². The summed E-state index contributed by atoms with van der Waals surface area (Å²) in [6, 6.07) is 4.72. The zero-order valence-electron chi connectivity index (χ0n) is 11.8. The molecule has 1 fully saturated rings. The summed E-state index contributed by atoms with van der Waals surface area (Å²) in [6.45, 7) is 6.77. The molecular formula is C15H25N3. The molecule has 1 aromatic heterocycles. The summed E-state index contributed by atoms with van der Waals surface area (Å²) in [4.78, 5) is 7.02. The maximum atomic E-state index is 4.61. The van der Waals surface area contributed by atoms with Crippen molar-refractivity contribution in [2.24, 2.45) is 5.92 Å². The predicted molar refractivity (Wildman–Crippen MR) is 76.9 cm³/mol. The van der Waals surface area contributed by atoms with E-state index in [4.69, 9.17) is 0 Å². The first kappa shape index (κ1) is 13.3. The van der Waals surface area contributed by atoms with Gasteiger partial charge in [0.15, 0.2) is 0 Å². The number of rotatable bonds is 4. The zero-order valence-corrected chi connectivity index (χ0v) is 11.8. The molecular weight excluding hydrogens is 222 g/mol. The molecule has 1 aliphatic heterocycles. The molecule has 1 aromatic rings. The van der Waals surface area contributed by atoms with Gasteiger partial charge in [0.05, 0.1) is 0 Å². The lowest BCUT2D eigenvalue weighted by Crippen LogP contribution is -2.34. The van der Waals surface area contributed by atoms with Crippen LogP contribution in [0, 0.1) is 5.92 Å². The molecule has 2 rings (SSSR count). The van der Waals surface area contributed by atoms with Crippen LogP contribution < -0.4 is 10.2 Å². The highest BCUT2D eigenvalue weighted by molar-refractivity contribution is 5.40. The highest BCUT2D eigenvalue weighted by atomic mass is 15.2. The van der Waals surface area contributed by atoms with Gasteiger partial charge in [0.25, 0.3) is 0 Å². The highest BCUT2D eigenvalue weighted by Crippen LogP contribution is 2.24. The van der Waals surface area contributed by atoms with Crippen LogP contribution in [0.1, 0.15) is 44.7 Å². The first-order valence-electron chi connectivity index (χ1n) is 7.12. The van der Waals surface area contributed by atoms with E-state index in [9.17, 15) is 0 Å². The van der Waals surface area contributed by atoms with Gasteiger partial charge in [-0.1, -0.05) is 19.4 Å². The maximum absolute atomic E-state index is 4.61. The molecule has 1 N–H and O–H groups in total. The van der Waals surface area contributed by atoms with Crippen molar-refractivity contribution < 1.29 is 0 Å². The number of aromatic nitrogens is 1. The van der Waals surface area contributed by atoms with Crippen LogP contribution in [0.5, 0.6) is 0 Å². The number of nitrogens with one attached hydrogen (secondary N) is 1. The molecule has 0 saturated carbocycles. The Morgan fingerprint density at radius 1 is 1.39 bits per heavy atom. The Hall–Kier alpha value is -1.09. The van der Waals surface area contributed by atoms with Gasteiger partial charge < -0.3 is 10.2 Å². The van der Waals surface area contributed by atoms with E-state index in [0.29, 0.717) is 6.04 Å². The molecule has 1 atom stereocenters. The van der Waals surface area contributed by atoms with Crippen molar-refractivity contribution >= 4 is 5.82 Å². The Balaban J connectivity index is 1.98. The molecule has 0 radical (unpaired) electrons. The molecule has 0 aromatic carbocycles. The van der Waals surface area contributed by atoms with Crippen molar-refractivity contribution in [3.05, 3.63) is 23.9 Å². The number of hydrogen-bond acceptors (Lipinski definition) is 3. The molecule has 100 valence electrons. The van der Waals surface area contributed by atoms with Crippen LogP contribution in [0.3, 0.4) is 0 Å². The normalized spacial score (nSPS) is 18.9. The lowest BCUT2D eigenvalue weighted by Gasteiger charge is -2.32. The summed E-state index contributed by atoms with van der Waals surface area (Å²) in [6.07, 6.45) is 5.95. The first-order chi connectivity index (χ1) is 8.74. The van der Waals surface area contributed by atoms with Crippen molar-refractivity contribution in [2.75, 3.05) is 25.0 Å². The third-order valence-electron chi connectivity index (χ3n) is 4.22. The second kappa shape index (κ2) is 6.19. The monoisotopic (exact) mass is 247 g/mol. The van der Waals surface area contributed by atoms with Crippen LogP contribution in [0.15, 0.2) is 18.3 Å². The summed E-state index contributed by atoms with van der Waals surface area (Å²) < 4.78 is 0. The molecule has 0 spiro atoms. The van der Waals surface area contributed by atoms with Gasteiger partial charge in [-0.3, -0.25) is 0 Å². The molecule has 3 heteroatoms. The van der Waals surface area contributed by atoms with Gasteiger partial charge in [-0.2, -0.15) is 0 Å². The Morgan fingerprint density at radius 2 is 2.11 bits per heavy atom. The lowest BCUT2D eigenvalue weighted by molar-refractivity contribution is 0.393. The summed E-state index contributed by atoms with van der Waals surface area (Å²) >= 11 is 0. The maximum Gasteiger partial charge on any atom is 0.128 e. The average Bonchev–Trinajstić information content (AvgIpc) is 2.47. The minimum Gasteiger partial charge on any atom is -0.357 e. The average molecular weight is 247 g/mol. The second-order valence-corrected chi connectivity index (χ2v) is 5.30. The predicted octanol–water partition coefficient (Wildman–Crippen LogP) is 2.99. The molecule has 0 amide bonds. The van der Waals surface area contributed by atoms with Gasteiger partial charge in [0, 0.05) is 25.3 Å².